The fourth-order valence-corrected chi connectivity index (χ4v) is 1.67. The summed E-state index contributed by atoms with van der Waals surface area (Å²) in [4.78, 5) is 23.3. The SMILES string of the molecule is O=C(O)CCNC(=O)N1CCCC1CO. The molecule has 1 rings (SSSR count). The van der Waals surface area contributed by atoms with Gasteiger partial charge in [-0.2, -0.15) is 0 Å². The van der Waals surface area contributed by atoms with Crippen molar-refractivity contribution in [3.8, 4) is 0 Å². The smallest absolute Gasteiger partial charge is 0.317 e. The number of hydrogen-bond donors (Lipinski definition) is 3. The van der Waals surface area contributed by atoms with Crippen LogP contribution in [0.3, 0.4) is 0 Å². The van der Waals surface area contributed by atoms with Crippen molar-refractivity contribution < 1.29 is 19.8 Å². The number of aliphatic carboxylic acids is 1. The molecule has 2 amide bonds. The molecule has 3 N–H and O–H groups in total. The second-order valence-electron chi connectivity index (χ2n) is 3.55. The van der Waals surface area contributed by atoms with Crippen molar-refractivity contribution in [3.05, 3.63) is 0 Å². The molecule has 0 aromatic heterocycles. The van der Waals surface area contributed by atoms with Crippen molar-refractivity contribution in [1.29, 1.82) is 0 Å². The van der Waals surface area contributed by atoms with Crippen LogP contribution in [0.25, 0.3) is 0 Å². The molecule has 0 aliphatic carbocycles. The number of likely N-dealkylation sites (tertiary alicyclic amines) is 1. The molecule has 0 radical (unpaired) electrons. The van der Waals surface area contributed by atoms with Crippen molar-refractivity contribution >= 4 is 12.0 Å². The third kappa shape index (κ3) is 3.39. The van der Waals surface area contributed by atoms with Gasteiger partial charge in [0.25, 0.3) is 0 Å². The maximum atomic E-state index is 11.5. The number of carboxylic acid groups (broad SMARTS) is 1. The molecule has 0 bridgehead atoms. The zero-order valence-corrected chi connectivity index (χ0v) is 8.48. The van der Waals surface area contributed by atoms with Gasteiger partial charge in [-0.1, -0.05) is 0 Å². The molecule has 86 valence electrons. The van der Waals surface area contributed by atoms with E-state index in [0.717, 1.165) is 12.8 Å². The van der Waals surface area contributed by atoms with Crippen molar-refractivity contribution in [2.75, 3.05) is 19.7 Å². The molecule has 6 heteroatoms. The summed E-state index contributed by atoms with van der Waals surface area (Å²) in [5.74, 6) is -0.935. The number of carboxylic acids is 1. The summed E-state index contributed by atoms with van der Waals surface area (Å²) < 4.78 is 0. The molecule has 1 saturated heterocycles. The Morgan fingerprint density at radius 3 is 2.80 bits per heavy atom. The monoisotopic (exact) mass is 216 g/mol. The lowest BCUT2D eigenvalue weighted by molar-refractivity contribution is -0.136. The van der Waals surface area contributed by atoms with Gasteiger partial charge in [0, 0.05) is 13.1 Å². The van der Waals surface area contributed by atoms with Crippen LogP contribution >= 0.6 is 0 Å². The summed E-state index contributed by atoms with van der Waals surface area (Å²) in [5, 5.41) is 19.9. The highest BCUT2D eigenvalue weighted by Crippen LogP contribution is 2.16. The minimum Gasteiger partial charge on any atom is -0.481 e. The van der Waals surface area contributed by atoms with Crippen molar-refractivity contribution in [2.45, 2.75) is 25.3 Å². The molecule has 0 saturated carbocycles. The van der Waals surface area contributed by atoms with Crippen molar-refractivity contribution in [2.24, 2.45) is 0 Å². The molecule has 1 fully saturated rings. The molecule has 0 aromatic rings. The number of aliphatic hydroxyl groups excluding tert-OH is 1. The van der Waals surface area contributed by atoms with Crippen molar-refractivity contribution in [3.63, 3.8) is 0 Å². The average molecular weight is 216 g/mol. The Kier molecular flexibility index (Phi) is 4.36. The van der Waals surface area contributed by atoms with E-state index in [0.29, 0.717) is 6.54 Å². The highest BCUT2D eigenvalue weighted by atomic mass is 16.4. The summed E-state index contributed by atoms with van der Waals surface area (Å²) in [7, 11) is 0. The number of nitrogens with zero attached hydrogens (tertiary/aromatic N) is 1. The predicted molar refractivity (Wildman–Crippen MR) is 52.5 cm³/mol. The maximum Gasteiger partial charge on any atom is 0.317 e. The number of rotatable bonds is 4. The second-order valence-corrected chi connectivity index (χ2v) is 3.55. The molecule has 15 heavy (non-hydrogen) atoms. The van der Waals surface area contributed by atoms with Gasteiger partial charge in [0.1, 0.15) is 0 Å². The number of hydrogen-bond acceptors (Lipinski definition) is 3. The number of nitrogens with one attached hydrogen (secondary N) is 1. The first-order valence-electron chi connectivity index (χ1n) is 5.02. The van der Waals surface area contributed by atoms with Gasteiger partial charge >= 0.3 is 12.0 Å². The third-order valence-electron chi connectivity index (χ3n) is 2.46. The summed E-state index contributed by atoms with van der Waals surface area (Å²) >= 11 is 0. The maximum absolute atomic E-state index is 11.5. The minimum atomic E-state index is -0.935. The van der Waals surface area contributed by atoms with E-state index >= 15 is 0 Å². The number of amides is 2. The van der Waals surface area contributed by atoms with Crippen LogP contribution in [0.15, 0.2) is 0 Å². The molecule has 0 aromatic carbocycles. The largest absolute Gasteiger partial charge is 0.481 e. The van der Waals surface area contributed by atoms with Crippen LogP contribution < -0.4 is 5.32 Å². The molecule has 1 atom stereocenters. The molecule has 6 nitrogen and oxygen atoms in total. The van der Waals surface area contributed by atoms with Crippen LogP contribution in [-0.4, -0.2) is 52.9 Å². The van der Waals surface area contributed by atoms with Gasteiger partial charge in [0.15, 0.2) is 0 Å². The van der Waals surface area contributed by atoms with Crippen LogP contribution in [-0.2, 0) is 4.79 Å². The minimum absolute atomic E-state index is 0.0354. The average Bonchev–Trinajstić information content (AvgIpc) is 2.64. The number of carbonyl (C=O) groups excluding carboxylic acids is 1. The Balaban J connectivity index is 2.29. The quantitative estimate of drug-likeness (QED) is 0.598. The van der Waals surface area contributed by atoms with Crippen LogP contribution in [0.2, 0.25) is 0 Å². The zero-order valence-electron chi connectivity index (χ0n) is 8.48. The Morgan fingerprint density at radius 2 is 2.20 bits per heavy atom. The molecule has 1 aliphatic heterocycles. The predicted octanol–water partition coefficient (Wildman–Crippen LogP) is -0.373. The number of urea groups is 1. The first-order chi connectivity index (χ1) is 7.15. The van der Waals surface area contributed by atoms with Crippen molar-refractivity contribution in [1.82, 2.24) is 10.2 Å². The summed E-state index contributed by atoms with van der Waals surface area (Å²) in [5.41, 5.74) is 0. The van der Waals surface area contributed by atoms with Gasteiger partial charge in [-0.05, 0) is 12.8 Å². The highest BCUT2D eigenvalue weighted by Gasteiger charge is 2.27. The summed E-state index contributed by atoms with van der Waals surface area (Å²) in [6.07, 6.45) is 1.61. The lowest BCUT2D eigenvalue weighted by Crippen LogP contribution is -2.44. The van der Waals surface area contributed by atoms with E-state index in [1.807, 2.05) is 0 Å². The van der Waals surface area contributed by atoms with Crippen LogP contribution in [0.1, 0.15) is 19.3 Å². The number of aliphatic hydroxyl groups is 1. The molecule has 0 spiro atoms. The first kappa shape index (κ1) is 11.8. The van der Waals surface area contributed by atoms with Gasteiger partial charge in [0.2, 0.25) is 0 Å². The molecule has 1 unspecified atom stereocenters. The lowest BCUT2D eigenvalue weighted by atomic mass is 10.2. The van der Waals surface area contributed by atoms with Gasteiger partial charge in [-0.25, -0.2) is 4.79 Å². The molecular formula is C9H16N2O4. The Morgan fingerprint density at radius 1 is 1.47 bits per heavy atom. The van der Waals surface area contributed by atoms with E-state index in [9.17, 15) is 9.59 Å². The van der Waals surface area contributed by atoms with Gasteiger partial charge in [-0.15, -0.1) is 0 Å². The first-order valence-corrected chi connectivity index (χ1v) is 5.02. The van der Waals surface area contributed by atoms with Crippen LogP contribution in [0, 0.1) is 0 Å². The Labute approximate surface area is 87.9 Å². The van der Waals surface area contributed by atoms with E-state index in [1.54, 1.807) is 4.90 Å². The van der Waals surface area contributed by atoms with E-state index in [1.165, 1.54) is 0 Å². The van der Waals surface area contributed by atoms with E-state index in [4.69, 9.17) is 10.2 Å². The van der Waals surface area contributed by atoms with Gasteiger partial charge in [0.05, 0.1) is 19.1 Å². The van der Waals surface area contributed by atoms with Gasteiger partial charge in [-0.3, -0.25) is 4.79 Å². The normalized spacial score (nSPS) is 20.3. The molecule has 1 heterocycles. The second kappa shape index (κ2) is 5.55. The molecular weight excluding hydrogens is 200 g/mol. The van der Waals surface area contributed by atoms with E-state index in [2.05, 4.69) is 5.32 Å². The lowest BCUT2D eigenvalue weighted by Gasteiger charge is -2.23. The summed E-state index contributed by atoms with van der Waals surface area (Å²) in [6.45, 7) is 0.722. The number of carbonyl (C=O) groups is 2. The fraction of sp³-hybridized carbons (Fsp3) is 0.778. The Bertz CT molecular complexity index is 244. The highest BCUT2D eigenvalue weighted by molar-refractivity contribution is 5.75. The van der Waals surface area contributed by atoms with E-state index < -0.39 is 5.97 Å². The third-order valence-corrected chi connectivity index (χ3v) is 2.46. The van der Waals surface area contributed by atoms with Gasteiger partial charge < -0.3 is 20.4 Å². The van der Waals surface area contributed by atoms with Crippen LogP contribution in [0.5, 0.6) is 0 Å². The van der Waals surface area contributed by atoms with E-state index in [-0.39, 0.29) is 31.6 Å². The zero-order chi connectivity index (χ0) is 11.3. The van der Waals surface area contributed by atoms with Crippen LogP contribution in [0.4, 0.5) is 4.79 Å². The summed E-state index contributed by atoms with van der Waals surface area (Å²) in [6, 6.07) is -0.400. The fourth-order valence-electron chi connectivity index (χ4n) is 1.67. The Hall–Kier alpha value is -1.30. The topological polar surface area (TPSA) is 89.9 Å². The standard InChI is InChI=1S/C9H16N2O4/c12-6-7-2-1-5-11(7)9(15)10-4-3-8(13)14/h7,12H,1-6H2,(H,10,15)(H,13,14). The molecule has 1 aliphatic rings.